The number of rotatable bonds is 4. The van der Waals surface area contributed by atoms with Gasteiger partial charge in [0.2, 0.25) is 0 Å². The van der Waals surface area contributed by atoms with E-state index in [1.807, 2.05) is 13.0 Å². The molecule has 0 spiro atoms. The number of hydrogen-bond acceptors (Lipinski definition) is 5. The lowest BCUT2D eigenvalue weighted by Gasteiger charge is -2.00. The van der Waals surface area contributed by atoms with Gasteiger partial charge in [0, 0.05) is 24.4 Å². The zero-order chi connectivity index (χ0) is 12.4. The van der Waals surface area contributed by atoms with Gasteiger partial charge >= 0.3 is 0 Å². The van der Waals surface area contributed by atoms with Crippen LogP contribution in [0.1, 0.15) is 18.3 Å². The molecule has 5 heteroatoms. The number of hydrogen-bond donors (Lipinski definition) is 1. The summed E-state index contributed by atoms with van der Waals surface area (Å²) in [6, 6.07) is 6.18. The molecule has 5 nitrogen and oxygen atoms in total. The number of fused-ring (bicyclic) bond motifs is 1. The van der Waals surface area contributed by atoms with Crippen LogP contribution in [0, 0.1) is 0 Å². The van der Waals surface area contributed by atoms with Gasteiger partial charge in [-0.05, 0) is 31.0 Å². The van der Waals surface area contributed by atoms with Crippen molar-refractivity contribution >= 4 is 5.69 Å². The summed E-state index contributed by atoms with van der Waals surface area (Å²) in [4.78, 5) is 4.31. The molecule has 0 fully saturated rings. The molecule has 1 aliphatic rings. The van der Waals surface area contributed by atoms with Crippen LogP contribution in [0.5, 0.6) is 0 Å². The fraction of sp³-hybridized carbons (Fsp3) is 0.385. The normalized spacial score (nSPS) is 13.4. The molecule has 0 atom stereocenters. The van der Waals surface area contributed by atoms with E-state index in [1.165, 1.54) is 5.56 Å². The highest BCUT2D eigenvalue weighted by atomic mass is 16.5. The second-order valence-corrected chi connectivity index (χ2v) is 4.20. The van der Waals surface area contributed by atoms with Crippen LogP contribution in [0.15, 0.2) is 22.7 Å². The van der Waals surface area contributed by atoms with E-state index in [0.29, 0.717) is 24.9 Å². The van der Waals surface area contributed by atoms with Crippen molar-refractivity contribution in [3.63, 3.8) is 0 Å². The molecule has 3 rings (SSSR count). The summed E-state index contributed by atoms with van der Waals surface area (Å²) in [6.07, 6.45) is 1.08. The maximum atomic E-state index is 5.25. The van der Waals surface area contributed by atoms with Crippen molar-refractivity contribution in [2.75, 3.05) is 18.5 Å². The summed E-state index contributed by atoms with van der Waals surface area (Å²) < 4.78 is 10.5. The first-order valence-corrected chi connectivity index (χ1v) is 6.14. The van der Waals surface area contributed by atoms with Gasteiger partial charge in [-0.2, -0.15) is 4.98 Å². The Morgan fingerprint density at radius 1 is 1.44 bits per heavy atom. The predicted molar refractivity (Wildman–Crippen MR) is 67.3 cm³/mol. The first-order chi connectivity index (χ1) is 8.86. The van der Waals surface area contributed by atoms with E-state index in [2.05, 4.69) is 27.6 Å². The van der Waals surface area contributed by atoms with Crippen LogP contribution in [0.2, 0.25) is 0 Å². The standard InChI is InChI=1S/C13H15N3O2/c1-2-17-8-12-15-13(18-16-12)10-4-3-9-5-6-14-11(9)7-10/h3-4,7,14H,2,5-6,8H2,1H3. The SMILES string of the molecule is CCOCc1noc(-c2ccc3c(c2)NCC3)n1. The summed E-state index contributed by atoms with van der Waals surface area (Å²) in [5.74, 6) is 1.13. The van der Waals surface area contributed by atoms with Gasteiger partial charge in [-0.1, -0.05) is 11.2 Å². The van der Waals surface area contributed by atoms with Crippen LogP contribution in [0.3, 0.4) is 0 Å². The number of anilines is 1. The molecule has 1 N–H and O–H groups in total. The lowest BCUT2D eigenvalue weighted by molar-refractivity contribution is 0.126. The van der Waals surface area contributed by atoms with Crippen molar-refractivity contribution in [1.82, 2.24) is 10.1 Å². The number of benzene rings is 1. The molecule has 1 aromatic carbocycles. The van der Waals surface area contributed by atoms with Gasteiger partial charge in [0.15, 0.2) is 5.82 Å². The Labute approximate surface area is 105 Å². The molecule has 1 aliphatic heterocycles. The highest BCUT2D eigenvalue weighted by molar-refractivity contribution is 5.66. The largest absolute Gasteiger partial charge is 0.384 e. The van der Waals surface area contributed by atoms with E-state index in [0.717, 1.165) is 24.2 Å². The smallest absolute Gasteiger partial charge is 0.258 e. The second-order valence-electron chi connectivity index (χ2n) is 4.20. The predicted octanol–water partition coefficient (Wildman–Crippen LogP) is 2.24. The summed E-state index contributed by atoms with van der Waals surface area (Å²) in [5.41, 5.74) is 3.45. The van der Waals surface area contributed by atoms with Crippen LogP contribution in [0.25, 0.3) is 11.5 Å². The van der Waals surface area contributed by atoms with Crippen LogP contribution in [0.4, 0.5) is 5.69 Å². The van der Waals surface area contributed by atoms with E-state index < -0.39 is 0 Å². The lowest BCUT2D eigenvalue weighted by atomic mass is 10.1. The number of ether oxygens (including phenoxy) is 1. The minimum absolute atomic E-state index is 0.392. The molecule has 0 saturated carbocycles. The molecule has 0 radical (unpaired) electrons. The minimum atomic E-state index is 0.392. The van der Waals surface area contributed by atoms with Gasteiger partial charge in [-0.15, -0.1) is 0 Å². The Kier molecular flexibility index (Phi) is 2.98. The van der Waals surface area contributed by atoms with Gasteiger partial charge in [-0.3, -0.25) is 0 Å². The third-order valence-corrected chi connectivity index (χ3v) is 2.97. The van der Waals surface area contributed by atoms with Crippen molar-refractivity contribution in [1.29, 1.82) is 0 Å². The molecule has 0 bridgehead atoms. The van der Waals surface area contributed by atoms with E-state index in [4.69, 9.17) is 9.26 Å². The quantitative estimate of drug-likeness (QED) is 0.895. The maximum Gasteiger partial charge on any atom is 0.258 e. The van der Waals surface area contributed by atoms with Crippen molar-refractivity contribution in [2.45, 2.75) is 20.0 Å². The fourth-order valence-corrected chi connectivity index (χ4v) is 2.05. The molecule has 0 unspecified atom stereocenters. The Hall–Kier alpha value is -1.88. The van der Waals surface area contributed by atoms with Crippen molar-refractivity contribution in [2.24, 2.45) is 0 Å². The zero-order valence-corrected chi connectivity index (χ0v) is 10.3. The van der Waals surface area contributed by atoms with Gasteiger partial charge in [0.1, 0.15) is 6.61 Å². The Bertz CT molecular complexity index is 551. The van der Waals surface area contributed by atoms with Crippen molar-refractivity contribution < 1.29 is 9.26 Å². The average Bonchev–Trinajstić information content (AvgIpc) is 3.04. The van der Waals surface area contributed by atoms with Gasteiger partial charge in [-0.25, -0.2) is 0 Å². The third-order valence-electron chi connectivity index (χ3n) is 2.97. The van der Waals surface area contributed by atoms with Gasteiger partial charge < -0.3 is 14.6 Å². The molecule has 0 saturated heterocycles. The molecule has 2 heterocycles. The van der Waals surface area contributed by atoms with Gasteiger partial charge in [0.05, 0.1) is 0 Å². The average molecular weight is 245 g/mol. The molecule has 18 heavy (non-hydrogen) atoms. The fourth-order valence-electron chi connectivity index (χ4n) is 2.05. The molecule has 1 aromatic heterocycles. The van der Waals surface area contributed by atoms with E-state index in [9.17, 15) is 0 Å². The van der Waals surface area contributed by atoms with Crippen molar-refractivity contribution in [3.05, 3.63) is 29.6 Å². The molecule has 0 amide bonds. The van der Waals surface area contributed by atoms with Crippen LogP contribution in [-0.4, -0.2) is 23.3 Å². The molecule has 0 aliphatic carbocycles. The molecule has 94 valence electrons. The minimum Gasteiger partial charge on any atom is -0.384 e. The Balaban J connectivity index is 1.83. The number of aromatic nitrogens is 2. The summed E-state index contributed by atoms with van der Waals surface area (Å²) in [6.45, 7) is 3.97. The summed E-state index contributed by atoms with van der Waals surface area (Å²) in [5, 5.41) is 7.23. The molecule has 2 aromatic rings. The number of nitrogens with zero attached hydrogens (tertiary/aromatic N) is 2. The van der Waals surface area contributed by atoms with E-state index in [1.54, 1.807) is 0 Å². The van der Waals surface area contributed by atoms with Crippen molar-refractivity contribution in [3.8, 4) is 11.5 Å². The maximum absolute atomic E-state index is 5.25. The monoisotopic (exact) mass is 245 g/mol. The highest BCUT2D eigenvalue weighted by Crippen LogP contribution is 2.28. The Morgan fingerprint density at radius 2 is 2.39 bits per heavy atom. The zero-order valence-electron chi connectivity index (χ0n) is 10.3. The summed E-state index contributed by atoms with van der Waals surface area (Å²) in [7, 11) is 0. The molecular weight excluding hydrogens is 230 g/mol. The molecular formula is C13H15N3O2. The van der Waals surface area contributed by atoms with Crippen LogP contribution < -0.4 is 5.32 Å². The first kappa shape index (κ1) is 11.2. The topological polar surface area (TPSA) is 60.2 Å². The van der Waals surface area contributed by atoms with Crippen LogP contribution >= 0.6 is 0 Å². The van der Waals surface area contributed by atoms with E-state index >= 15 is 0 Å². The first-order valence-electron chi connectivity index (χ1n) is 6.14. The second kappa shape index (κ2) is 4.78. The highest BCUT2D eigenvalue weighted by Gasteiger charge is 2.14. The third kappa shape index (κ3) is 2.09. The summed E-state index contributed by atoms with van der Waals surface area (Å²) >= 11 is 0. The number of nitrogens with one attached hydrogen (secondary N) is 1. The van der Waals surface area contributed by atoms with Gasteiger partial charge in [0.25, 0.3) is 5.89 Å². The Morgan fingerprint density at radius 3 is 3.28 bits per heavy atom. The lowest BCUT2D eigenvalue weighted by Crippen LogP contribution is -1.93. The van der Waals surface area contributed by atoms with Crippen LogP contribution in [-0.2, 0) is 17.8 Å². The van der Waals surface area contributed by atoms with E-state index in [-0.39, 0.29) is 0 Å².